The first-order valence-corrected chi connectivity index (χ1v) is 13.8. The number of rotatable bonds is 9. The first-order chi connectivity index (χ1) is 13.3. The Morgan fingerprint density at radius 2 is 1.86 bits per heavy atom. The topological polar surface area (TPSA) is 88.3 Å². The van der Waals surface area contributed by atoms with Crippen molar-refractivity contribution in [1.82, 2.24) is 9.80 Å². The number of nitrogens with zero attached hydrogens (tertiary/aromatic N) is 2. The zero-order valence-electron chi connectivity index (χ0n) is 17.4. The van der Waals surface area contributed by atoms with Gasteiger partial charge in [-0.3, -0.25) is 4.90 Å². The molecule has 1 aromatic rings. The molecule has 1 heterocycles. The molecule has 0 unspecified atom stereocenters. The number of hydrogen-bond acceptors (Lipinski definition) is 6. The number of para-hydroxylation sites is 1. The van der Waals surface area contributed by atoms with E-state index in [1.165, 1.54) is 0 Å². The zero-order chi connectivity index (χ0) is 20.6. The van der Waals surface area contributed by atoms with E-state index in [4.69, 9.17) is 15.2 Å². The molecule has 0 aliphatic carbocycles. The van der Waals surface area contributed by atoms with Crippen LogP contribution in [0.1, 0.15) is 12.8 Å². The van der Waals surface area contributed by atoms with Crippen molar-refractivity contribution >= 4 is 19.9 Å². The molecular formula is C20H35N3O4Si. The molecule has 28 heavy (non-hydrogen) atoms. The average Bonchev–Trinajstić information content (AvgIpc) is 2.64. The number of amides is 1. The summed E-state index contributed by atoms with van der Waals surface area (Å²) in [5.41, 5.74) is 6.07. The highest BCUT2D eigenvalue weighted by molar-refractivity contribution is 6.76. The van der Waals surface area contributed by atoms with Crippen LogP contribution in [-0.4, -0.2) is 75.0 Å². The predicted molar refractivity (Wildman–Crippen MR) is 115 cm³/mol. The minimum atomic E-state index is -1.17. The Hall–Kier alpha value is -1.93. The molecule has 1 saturated heterocycles. The second kappa shape index (κ2) is 10.6. The Morgan fingerprint density at radius 3 is 2.54 bits per heavy atom. The summed E-state index contributed by atoms with van der Waals surface area (Å²) in [4.78, 5) is 16.3. The lowest BCUT2D eigenvalue weighted by atomic mass is 10.2. The van der Waals surface area contributed by atoms with E-state index >= 15 is 0 Å². The van der Waals surface area contributed by atoms with Crippen LogP contribution < -0.4 is 10.5 Å². The molecule has 158 valence electrons. The van der Waals surface area contributed by atoms with Gasteiger partial charge in [-0.25, -0.2) is 4.79 Å². The molecule has 1 aliphatic heterocycles. The van der Waals surface area contributed by atoms with Crippen molar-refractivity contribution in [3.63, 3.8) is 0 Å². The van der Waals surface area contributed by atoms with Crippen LogP contribution in [-0.2, 0) is 4.74 Å². The number of ether oxygens (including phenoxy) is 2. The first kappa shape index (κ1) is 22.4. The van der Waals surface area contributed by atoms with Crippen molar-refractivity contribution in [2.75, 3.05) is 51.7 Å². The number of unbranched alkanes of at least 4 members (excludes halogenated alkanes) is 1. The predicted octanol–water partition coefficient (Wildman–Crippen LogP) is 3.23. The van der Waals surface area contributed by atoms with Gasteiger partial charge in [0, 0.05) is 34.3 Å². The molecule has 0 radical (unpaired) electrons. The number of phenols is 1. The number of nitrogen functional groups attached to an aromatic ring is 1. The lowest BCUT2D eigenvalue weighted by Gasteiger charge is -2.34. The van der Waals surface area contributed by atoms with E-state index in [1.807, 2.05) is 4.90 Å². The van der Waals surface area contributed by atoms with E-state index in [-0.39, 0.29) is 17.5 Å². The van der Waals surface area contributed by atoms with Crippen molar-refractivity contribution < 1.29 is 19.4 Å². The molecule has 0 atom stereocenters. The third kappa shape index (κ3) is 7.59. The summed E-state index contributed by atoms with van der Waals surface area (Å²) >= 11 is 0. The second-order valence-corrected chi connectivity index (χ2v) is 14.1. The number of carbonyl (C=O) groups excluding carboxylic acids is 1. The van der Waals surface area contributed by atoms with Gasteiger partial charge in [0.05, 0.1) is 13.2 Å². The van der Waals surface area contributed by atoms with E-state index < -0.39 is 8.07 Å². The van der Waals surface area contributed by atoms with Crippen molar-refractivity contribution in [2.45, 2.75) is 38.5 Å². The van der Waals surface area contributed by atoms with Gasteiger partial charge >= 0.3 is 6.09 Å². The number of aromatic hydroxyl groups is 1. The standard InChI is InChI=1S/C20H35N3O4Si/c1-28(2,3)16-15-27-20(25)23-12-10-22(11-13-23)9-4-5-14-26-18-8-6-7-17(24)19(18)21/h6-8,24H,4-5,9-16,21H2,1-3H3. The van der Waals surface area contributed by atoms with Crippen LogP contribution in [0.3, 0.4) is 0 Å². The van der Waals surface area contributed by atoms with Crippen molar-refractivity contribution in [3.8, 4) is 11.5 Å². The quantitative estimate of drug-likeness (QED) is 0.282. The molecule has 1 aromatic carbocycles. The zero-order valence-corrected chi connectivity index (χ0v) is 18.4. The Kier molecular flexibility index (Phi) is 8.44. The molecule has 8 heteroatoms. The highest BCUT2D eigenvalue weighted by atomic mass is 28.3. The number of anilines is 1. The van der Waals surface area contributed by atoms with Gasteiger partial charge in [-0.05, 0) is 37.6 Å². The second-order valence-electron chi connectivity index (χ2n) is 8.50. The summed E-state index contributed by atoms with van der Waals surface area (Å²) in [6.07, 6.45) is 1.75. The fourth-order valence-corrected chi connectivity index (χ4v) is 3.68. The molecule has 1 fully saturated rings. The Morgan fingerprint density at radius 1 is 1.14 bits per heavy atom. The molecule has 0 spiro atoms. The molecule has 0 bridgehead atoms. The highest BCUT2D eigenvalue weighted by Gasteiger charge is 2.22. The van der Waals surface area contributed by atoms with Crippen molar-refractivity contribution in [3.05, 3.63) is 18.2 Å². The third-order valence-electron chi connectivity index (χ3n) is 4.88. The Balaban J connectivity index is 1.56. The van der Waals surface area contributed by atoms with Gasteiger partial charge in [-0.15, -0.1) is 0 Å². The van der Waals surface area contributed by atoms with Crippen molar-refractivity contribution in [1.29, 1.82) is 0 Å². The molecule has 0 aromatic heterocycles. The molecule has 2 rings (SSSR count). The normalized spacial score (nSPS) is 15.5. The maximum Gasteiger partial charge on any atom is 0.409 e. The monoisotopic (exact) mass is 409 g/mol. The van der Waals surface area contributed by atoms with Crippen LogP contribution in [0, 0.1) is 0 Å². The van der Waals surface area contributed by atoms with E-state index in [2.05, 4.69) is 24.5 Å². The maximum absolute atomic E-state index is 12.1. The molecule has 0 saturated carbocycles. The number of benzene rings is 1. The van der Waals surface area contributed by atoms with E-state index in [0.29, 0.717) is 19.0 Å². The molecule has 1 aliphatic rings. The Bertz CT molecular complexity index is 628. The van der Waals surface area contributed by atoms with E-state index in [9.17, 15) is 9.90 Å². The van der Waals surface area contributed by atoms with Gasteiger partial charge in [0.1, 0.15) is 17.2 Å². The van der Waals surface area contributed by atoms with Gasteiger partial charge in [-0.2, -0.15) is 0 Å². The minimum absolute atomic E-state index is 0.0504. The van der Waals surface area contributed by atoms with Gasteiger partial charge in [0.2, 0.25) is 0 Å². The number of nitrogens with two attached hydrogens (primary N) is 1. The van der Waals surface area contributed by atoms with Gasteiger partial charge in [-0.1, -0.05) is 25.7 Å². The van der Waals surface area contributed by atoms with Crippen LogP contribution in [0.15, 0.2) is 18.2 Å². The number of carbonyl (C=O) groups is 1. The number of phenolic OH excluding ortho intramolecular Hbond substituents is 1. The fraction of sp³-hybridized carbons (Fsp3) is 0.650. The summed E-state index contributed by atoms with van der Waals surface area (Å²) < 4.78 is 11.1. The van der Waals surface area contributed by atoms with Crippen molar-refractivity contribution in [2.24, 2.45) is 0 Å². The first-order valence-electron chi connectivity index (χ1n) is 10.1. The van der Waals surface area contributed by atoms with Gasteiger partial charge in [0.15, 0.2) is 0 Å². The molecule has 1 amide bonds. The summed E-state index contributed by atoms with van der Waals surface area (Å²) in [6, 6.07) is 6.03. The largest absolute Gasteiger partial charge is 0.506 e. The average molecular weight is 410 g/mol. The van der Waals surface area contributed by atoms with Crippen LogP contribution in [0.5, 0.6) is 11.5 Å². The minimum Gasteiger partial charge on any atom is -0.506 e. The SMILES string of the molecule is C[Si](C)(C)CCOC(=O)N1CCN(CCCCOc2cccc(O)c2N)CC1. The maximum atomic E-state index is 12.1. The van der Waals surface area contributed by atoms with Gasteiger partial charge < -0.3 is 25.2 Å². The smallest absolute Gasteiger partial charge is 0.409 e. The van der Waals surface area contributed by atoms with E-state index in [1.54, 1.807) is 18.2 Å². The van der Waals surface area contributed by atoms with E-state index in [0.717, 1.165) is 51.6 Å². The van der Waals surface area contributed by atoms with Gasteiger partial charge in [0.25, 0.3) is 0 Å². The Labute approximate surface area is 169 Å². The van der Waals surface area contributed by atoms with Crippen LogP contribution in [0.25, 0.3) is 0 Å². The molecular weight excluding hydrogens is 374 g/mol. The summed E-state index contributed by atoms with van der Waals surface area (Å²) in [6.45, 7) is 12.1. The number of piperazine rings is 1. The highest BCUT2D eigenvalue weighted by Crippen LogP contribution is 2.30. The summed E-state index contributed by atoms with van der Waals surface area (Å²) in [5.74, 6) is 0.579. The van der Waals surface area contributed by atoms with Crippen LogP contribution >= 0.6 is 0 Å². The molecule has 7 nitrogen and oxygen atoms in total. The summed E-state index contributed by atoms with van der Waals surface area (Å²) in [7, 11) is -1.17. The third-order valence-corrected chi connectivity index (χ3v) is 6.58. The molecule has 3 N–H and O–H groups in total. The lowest BCUT2D eigenvalue weighted by Crippen LogP contribution is -2.49. The van der Waals surface area contributed by atoms with Crippen LogP contribution in [0.2, 0.25) is 25.7 Å². The fourth-order valence-electron chi connectivity index (χ4n) is 2.97. The number of hydrogen-bond donors (Lipinski definition) is 2. The lowest BCUT2D eigenvalue weighted by molar-refractivity contribution is 0.0788. The summed E-state index contributed by atoms with van der Waals surface area (Å²) in [5, 5.41) is 9.57. The van der Waals surface area contributed by atoms with Crippen LogP contribution in [0.4, 0.5) is 10.5 Å².